The molecule has 5 heteroatoms. The first-order valence-corrected chi connectivity index (χ1v) is 6.27. The van der Waals surface area contributed by atoms with E-state index in [1.807, 2.05) is 19.1 Å². The molecular formula is C15H12ClNO3. The van der Waals surface area contributed by atoms with Crippen LogP contribution in [0.4, 0.5) is 0 Å². The lowest BCUT2D eigenvalue weighted by atomic mass is 10.2. The molecule has 4 nitrogen and oxygen atoms in total. The van der Waals surface area contributed by atoms with Gasteiger partial charge in [-0.1, -0.05) is 23.7 Å². The van der Waals surface area contributed by atoms with Crippen LogP contribution >= 0.6 is 11.6 Å². The first kappa shape index (κ1) is 14.1. The molecule has 0 amide bonds. The molecule has 2 aromatic carbocycles. The van der Waals surface area contributed by atoms with Crippen molar-refractivity contribution in [3.8, 4) is 11.5 Å². The monoisotopic (exact) mass is 289 g/mol. The lowest BCUT2D eigenvalue weighted by Gasteiger charge is -2.07. The summed E-state index contributed by atoms with van der Waals surface area (Å²) in [6, 6.07) is 12.4. The highest BCUT2D eigenvalue weighted by Crippen LogP contribution is 2.26. The molecule has 2 rings (SSSR count). The van der Waals surface area contributed by atoms with Gasteiger partial charge in [-0.15, -0.1) is 0 Å². The van der Waals surface area contributed by atoms with E-state index < -0.39 is 4.92 Å². The van der Waals surface area contributed by atoms with E-state index >= 15 is 0 Å². The third kappa shape index (κ3) is 4.10. The predicted molar refractivity (Wildman–Crippen MR) is 78.7 cm³/mol. The Morgan fingerprint density at radius 1 is 1.20 bits per heavy atom. The molecule has 20 heavy (non-hydrogen) atoms. The standard InChI is InChI=1S/C15H12ClNO3/c1-11-7-13(16)10-15(8-11)20-14-4-2-3-12(9-14)5-6-17(18)19/h2-10H,1H3/b6-5+. The zero-order valence-corrected chi connectivity index (χ0v) is 11.5. The minimum absolute atomic E-state index is 0.506. The van der Waals surface area contributed by atoms with Gasteiger partial charge >= 0.3 is 0 Å². The van der Waals surface area contributed by atoms with Gasteiger partial charge in [-0.3, -0.25) is 10.1 Å². The molecule has 0 radical (unpaired) electrons. The molecule has 0 fully saturated rings. The van der Waals surface area contributed by atoms with Crippen molar-refractivity contribution in [2.45, 2.75) is 6.92 Å². The minimum Gasteiger partial charge on any atom is -0.457 e. The average molecular weight is 290 g/mol. The van der Waals surface area contributed by atoms with Crippen LogP contribution in [0, 0.1) is 17.0 Å². The third-order valence-electron chi connectivity index (χ3n) is 2.50. The van der Waals surface area contributed by atoms with Gasteiger partial charge in [0.2, 0.25) is 6.20 Å². The van der Waals surface area contributed by atoms with Gasteiger partial charge in [-0.2, -0.15) is 0 Å². The maximum atomic E-state index is 10.3. The number of ether oxygens (including phenoxy) is 1. The van der Waals surface area contributed by atoms with Crippen LogP contribution in [0.5, 0.6) is 11.5 Å². The Bertz CT molecular complexity index is 648. The van der Waals surface area contributed by atoms with Crippen molar-refractivity contribution < 1.29 is 9.66 Å². The second-order valence-electron chi connectivity index (χ2n) is 4.24. The Labute approximate surface area is 121 Å². The van der Waals surface area contributed by atoms with Crippen molar-refractivity contribution in [2.24, 2.45) is 0 Å². The number of rotatable bonds is 4. The molecule has 2 aromatic rings. The zero-order chi connectivity index (χ0) is 14.5. The molecule has 0 aliphatic rings. The number of nitro groups is 1. The molecular weight excluding hydrogens is 278 g/mol. The summed E-state index contributed by atoms with van der Waals surface area (Å²) in [4.78, 5) is 9.79. The van der Waals surface area contributed by atoms with Gasteiger partial charge in [0.05, 0.1) is 4.92 Å². The Morgan fingerprint density at radius 2 is 2.00 bits per heavy atom. The SMILES string of the molecule is Cc1cc(Cl)cc(Oc2cccc(/C=C/[N+](=O)[O-])c2)c1. The summed E-state index contributed by atoms with van der Waals surface area (Å²) < 4.78 is 5.70. The number of benzene rings is 2. The highest BCUT2D eigenvalue weighted by molar-refractivity contribution is 6.30. The maximum absolute atomic E-state index is 10.3. The number of aryl methyl sites for hydroxylation is 1. The number of hydrogen-bond donors (Lipinski definition) is 0. The highest BCUT2D eigenvalue weighted by Gasteiger charge is 2.01. The first-order valence-electron chi connectivity index (χ1n) is 5.90. The van der Waals surface area contributed by atoms with E-state index in [2.05, 4.69) is 0 Å². The van der Waals surface area contributed by atoms with Crippen molar-refractivity contribution in [1.29, 1.82) is 0 Å². The normalized spacial score (nSPS) is 10.7. The third-order valence-corrected chi connectivity index (χ3v) is 2.72. The summed E-state index contributed by atoms with van der Waals surface area (Å²) >= 11 is 5.97. The summed E-state index contributed by atoms with van der Waals surface area (Å²) in [7, 11) is 0. The Hall–Kier alpha value is -2.33. The quantitative estimate of drug-likeness (QED) is 0.606. The topological polar surface area (TPSA) is 52.4 Å². The van der Waals surface area contributed by atoms with Gasteiger partial charge in [0.25, 0.3) is 0 Å². The Kier molecular flexibility index (Phi) is 4.38. The van der Waals surface area contributed by atoms with Crippen molar-refractivity contribution in [2.75, 3.05) is 0 Å². The second-order valence-corrected chi connectivity index (χ2v) is 4.68. The largest absolute Gasteiger partial charge is 0.457 e. The molecule has 0 bridgehead atoms. The molecule has 0 aliphatic heterocycles. The average Bonchev–Trinajstić information content (AvgIpc) is 2.35. The van der Waals surface area contributed by atoms with Crippen LogP contribution in [-0.4, -0.2) is 4.92 Å². The van der Waals surface area contributed by atoms with E-state index in [1.165, 1.54) is 6.08 Å². The number of hydrogen-bond acceptors (Lipinski definition) is 3. The summed E-state index contributed by atoms with van der Waals surface area (Å²) in [6.45, 7) is 1.93. The molecule has 0 spiro atoms. The van der Waals surface area contributed by atoms with Gasteiger partial charge in [0.15, 0.2) is 0 Å². The van der Waals surface area contributed by atoms with E-state index in [0.29, 0.717) is 22.1 Å². The van der Waals surface area contributed by atoms with Crippen LogP contribution in [0.25, 0.3) is 6.08 Å². The molecule has 0 atom stereocenters. The van der Waals surface area contributed by atoms with E-state index in [-0.39, 0.29) is 0 Å². The molecule has 102 valence electrons. The fourth-order valence-electron chi connectivity index (χ4n) is 1.73. The van der Waals surface area contributed by atoms with E-state index in [0.717, 1.165) is 11.8 Å². The first-order chi connectivity index (χ1) is 9.52. The van der Waals surface area contributed by atoms with Gasteiger partial charge in [-0.05, 0) is 48.4 Å². The summed E-state index contributed by atoms with van der Waals surface area (Å²) in [5, 5.41) is 10.9. The lowest BCUT2D eigenvalue weighted by Crippen LogP contribution is -1.87. The molecule has 0 saturated heterocycles. The van der Waals surface area contributed by atoms with Crippen LogP contribution in [0.15, 0.2) is 48.7 Å². The van der Waals surface area contributed by atoms with Gasteiger partial charge in [-0.25, -0.2) is 0 Å². The lowest BCUT2D eigenvalue weighted by molar-refractivity contribution is -0.400. The Morgan fingerprint density at radius 3 is 2.70 bits per heavy atom. The van der Waals surface area contributed by atoms with Crippen LogP contribution in [0.2, 0.25) is 5.02 Å². The van der Waals surface area contributed by atoms with Crippen LogP contribution in [-0.2, 0) is 0 Å². The minimum atomic E-state index is -0.506. The summed E-state index contributed by atoms with van der Waals surface area (Å²) in [6.07, 6.45) is 2.30. The summed E-state index contributed by atoms with van der Waals surface area (Å²) in [5.74, 6) is 1.22. The molecule has 0 unspecified atom stereocenters. The molecule has 0 aliphatic carbocycles. The van der Waals surface area contributed by atoms with Crippen molar-refractivity contribution in [3.05, 3.63) is 74.9 Å². The van der Waals surface area contributed by atoms with Gasteiger partial charge in [0.1, 0.15) is 11.5 Å². The molecule has 0 saturated carbocycles. The molecule has 0 heterocycles. The smallest absolute Gasteiger partial charge is 0.235 e. The van der Waals surface area contributed by atoms with Crippen molar-refractivity contribution in [3.63, 3.8) is 0 Å². The molecule has 0 aromatic heterocycles. The zero-order valence-electron chi connectivity index (χ0n) is 10.7. The molecule has 0 N–H and O–H groups in total. The van der Waals surface area contributed by atoms with Crippen LogP contribution in [0.1, 0.15) is 11.1 Å². The van der Waals surface area contributed by atoms with Crippen molar-refractivity contribution in [1.82, 2.24) is 0 Å². The second kappa shape index (κ2) is 6.21. The number of halogens is 1. The maximum Gasteiger partial charge on any atom is 0.235 e. The van der Waals surface area contributed by atoms with Crippen LogP contribution in [0.3, 0.4) is 0 Å². The van der Waals surface area contributed by atoms with E-state index in [1.54, 1.807) is 30.3 Å². The Balaban J connectivity index is 2.21. The van der Waals surface area contributed by atoms with Crippen molar-refractivity contribution >= 4 is 17.7 Å². The number of nitrogens with zero attached hydrogens (tertiary/aromatic N) is 1. The van der Waals surface area contributed by atoms with Crippen LogP contribution < -0.4 is 4.74 Å². The fraction of sp³-hybridized carbons (Fsp3) is 0.0667. The predicted octanol–water partition coefficient (Wildman–Crippen LogP) is 4.69. The van der Waals surface area contributed by atoms with Gasteiger partial charge < -0.3 is 4.74 Å². The van der Waals surface area contributed by atoms with E-state index in [9.17, 15) is 10.1 Å². The van der Waals surface area contributed by atoms with E-state index in [4.69, 9.17) is 16.3 Å². The summed E-state index contributed by atoms with van der Waals surface area (Å²) in [5.41, 5.74) is 1.69. The fourth-order valence-corrected chi connectivity index (χ4v) is 2.01. The van der Waals surface area contributed by atoms with Gasteiger partial charge in [0, 0.05) is 11.1 Å². The highest BCUT2D eigenvalue weighted by atomic mass is 35.5.